The van der Waals surface area contributed by atoms with Crippen molar-refractivity contribution in [2.24, 2.45) is 5.10 Å². The van der Waals surface area contributed by atoms with Crippen molar-refractivity contribution in [1.82, 2.24) is 9.97 Å². The summed E-state index contributed by atoms with van der Waals surface area (Å²) in [5.74, 6) is -0.390. The summed E-state index contributed by atoms with van der Waals surface area (Å²) < 4.78 is 13.5. The topological polar surface area (TPSA) is 50.2 Å². The Bertz CT molecular complexity index is 611. The molecule has 0 saturated heterocycles. The summed E-state index contributed by atoms with van der Waals surface area (Å²) in [4.78, 5) is 7.54. The van der Waals surface area contributed by atoms with Crippen molar-refractivity contribution >= 4 is 35.1 Å². The Balaban J connectivity index is 2.16. The maximum Gasteiger partial charge on any atom is 0.148 e. The molecule has 0 aliphatic rings. The standard InChI is InChI=1S/C12H9Cl2FN4/c1-7-2-3-10(9(15)4-7)19-18-5-8-11(13)16-6-17-12(8)14/h2-6,19H,1H3. The molecular weight excluding hydrogens is 290 g/mol. The van der Waals surface area contributed by atoms with Crippen LogP contribution < -0.4 is 5.43 Å². The van der Waals surface area contributed by atoms with Gasteiger partial charge in [0.1, 0.15) is 22.5 Å². The molecule has 4 nitrogen and oxygen atoms in total. The predicted octanol–water partition coefficient (Wildman–Crippen LogP) is 3.68. The van der Waals surface area contributed by atoms with E-state index in [2.05, 4.69) is 20.5 Å². The van der Waals surface area contributed by atoms with E-state index in [1.165, 1.54) is 18.6 Å². The fourth-order valence-electron chi connectivity index (χ4n) is 1.34. The number of halogens is 3. The Morgan fingerprint density at radius 2 is 1.95 bits per heavy atom. The molecule has 0 aliphatic carbocycles. The third-order valence-electron chi connectivity index (χ3n) is 2.29. The number of aromatic nitrogens is 2. The monoisotopic (exact) mass is 298 g/mol. The van der Waals surface area contributed by atoms with Crippen LogP contribution in [0.3, 0.4) is 0 Å². The van der Waals surface area contributed by atoms with Gasteiger partial charge in [-0.3, -0.25) is 5.43 Å². The van der Waals surface area contributed by atoms with Gasteiger partial charge in [0, 0.05) is 0 Å². The number of nitrogens with zero attached hydrogens (tertiary/aromatic N) is 3. The zero-order valence-electron chi connectivity index (χ0n) is 9.86. The zero-order chi connectivity index (χ0) is 13.8. The summed E-state index contributed by atoms with van der Waals surface area (Å²) in [6, 6.07) is 4.77. The molecule has 0 amide bonds. The molecule has 0 radical (unpaired) electrons. The average Bonchev–Trinajstić information content (AvgIpc) is 2.35. The lowest BCUT2D eigenvalue weighted by Gasteiger charge is -2.03. The number of benzene rings is 1. The van der Waals surface area contributed by atoms with Crippen LogP contribution in [0.1, 0.15) is 11.1 Å². The largest absolute Gasteiger partial charge is 0.276 e. The number of aryl methyl sites for hydroxylation is 1. The minimum Gasteiger partial charge on any atom is -0.276 e. The third kappa shape index (κ3) is 3.39. The second-order valence-corrected chi connectivity index (χ2v) is 4.44. The fourth-order valence-corrected chi connectivity index (χ4v) is 1.75. The highest BCUT2D eigenvalue weighted by molar-refractivity contribution is 6.37. The maximum absolute atomic E-state index is 13.5. The summed E-state index contributed by atoms with van der Waals surface area (Å²) in [5.41, 5.74) is 4.02. The fraction of sp³-hybridized carbons (Fsp3) is 0.0833. The van der Waals surface area contributed by atoms with E-state index in [0.29, 0.717) is 5.56 Å². The normalized spacial score (nSPS) is 10.9. The van der Waals surface area contributed by atoms with Gasteiger partial charge < -0.3 is 0 Å². The van der Waals surface area contributed by atoms with Crippen molar-refractivity contribution in [3.8, 4) is 0 Å². The molecule has 0 fully saturated rings. The molecule has 0 saturated carbocycles. The average molecular weight is 299 g/mol. The molecule has 2 aromatic rings. The van der Waals surface area contributed by atoms with Crippen LogP contribution in [0.25, 0.3) is 0 Å². The van der Waals surface area contributed by atoms with Crippen LogP contribution in [0.15, 0.2) is 29.6 Å². The molecular formula is C12H9Cl2FN4. The van der Waals surface area contributed by atoms with Gasteiger partial charge in [0.15, 0.2) is 0 Å². The van der Waals surface area contributed by atoms with Crippen molar-refractivity contribution in [3.05, 3.63) is 51.8 Å². The minimum atomic E-state index is -0.390. The van der Waals surface area contributed by atoms with Crippen molar-refractivity contribution in [1.29, 1.82) is 0 Å². The lowest BCUT2D eigenvalue weighted by molar-refractivity contribution is 0.629. The van der Waals surface area contributed by atoms with E-state index in [4.69, 9.17) is 23.2 Å². The Kier molecular flexibility index (Phi) is 4.29. The summed E-state index contributed by atoms with van der Waals surface area (Å²) in [6.45, 7) is 1.80. The van der Waals surface area contributed by atoms with Crippen LogP contribution >= 0.6 is 23.2 Å². The van der Waals surface area contributed by atoms with E-state index in [-0.39, 0.29) is 16.0 Å². The molecule has 7 heteroatoms. The van der Waals surface area contributed by atoms with Gasteiger partial charge in [-0.2, -0.15) is 5.10 Å². The molecule has 1 aromatic heterocycles. The van der Waals surface area contributed by atoms with Crippen molar-refractivity contribution < 1.29 is 4.39 Å². The number of nitrogens with one attached hydrogen (secondary N) is 1. The van der Waals surface area contributed by atoms with E-state index in [9.17, 15) is 4.39 Å². The Labute approximate surface area is 119 Å². The molecule has 0 unspecified atom stereocenters. The number of hydrogen-bond acceptors (Lipinski definition) is 4. The van der Waals surface area contributed by atoms with Gasteiger partial charge in [-0.15, -0.1) is 0 Å². The quantitative estimate of drug-likeness (QED) is 0.534. The first-order valence-electron chi connectivity index (χ1n) is 5.29. The third-order valence-corrected chi connectivity index (χ3v) is 2.89. The minimum absolute atomic E-state index is 0.176. The molecule has 98 valence electrons. The molecule has 0 spiro atoms. The molecule has 2 rings (SSSR count). The van der Waals surface area contributed by atoms with E-state index in [1.807, 2.05) is 0 Å². The number of rotatable bonds is 3. The van der Waals surface area contributed by atoms with Gasteiger partial charge >= 0.3 is 0 Å². The second-order valence-electron chi connectivity index (χ2n) is 3.72. The highest BCUT2D eigenvalue weighted by atomic mass is 35.5. The van der Waals surface area contributed by atoms with Crippen molar-refractivity contribution in [3.63, 3.8) is 0 Å². The summed E-state index contributed by atoms with van der Waals surface area (Å²) >= 11 is 11.7. The van der Waals surface area contributed by atoms with Crippen molar-refractivity contribution in [2.45, 2.75) is 6.92 Å². The van der Waals surface area contributed by atoms with Gasteiger partial charge in [0.05, 0.1) is 17.5 Å². The lowest BCUT2D eigenvalue weighted by Crippen LogP contribution is -1.96. The first-order valence-corrected chi connectivity index (χ1v) is 6.05. The molecule has 0 aliphatic heterocycles. The molecule has 1 N–H and O–H groups in total. The molecule has 1 aromatic carbocycles. The lowest BCUT2D eigenvalue weighted by atomic mass is 10.2. The number of anilines is 1. The van der Waals surface area contributed by atoms with Crippen LogP contribution in [-0.2, 0) is 0 Å². The zero-order valence-corrected chi connectivity index (χ0v) is 11.4. The van der Waals surface area contributed by atoms with E-state index in [1.54, 1.807) is 19.1 Å². The van der Waals surface area contributed by atoms with Gasteiger partial charge in [-0.1, -0.05) is 29.3 Å². The van der Waals surface area contributed by atoms with E-state index >= 15 is 0 Å². The first kappa shape index (κ1) is 13.7. The van der Waals surface area contributed by atoms with Gasteiger partial charge in [0.25, 0.3) is 0 Å². The Hall–Kier alpha value is -1.72. The second kappa shape index (κ2) is 5.95. The Morgan fingerprint density at radius 1 is 1.26 bits per heavy atom. The highest BCUT2D eigenvalue weighted by Crippen LogP contribution is 2.18. The van der Waals surface area contributed by atoms with E-state index < -0.39 is 5.82 Å². The summed E-state index contributed by atoms with van der Waals surface area (Å²) in [6.07, 6.45) is 2.58. The smallest absolute Gasteiger partial charge is 0.148 e. The molecule has 0 atom stereocenters. The number of hydrazone groups is 1. The highest BCUT2D eigenvalue weighted by Gasteiger charge is 2.05. The first-order chi connectivity index (χ1) is 9.08. The van der Waals surface area contributed by atoms with Crippen LogP contribution in [0.4, 0.5) is 10.1 Å². The van der Waals surface area contributed by atoms with Gasteiger partial charge in [0.2, 0.25) is 0 Å². The van der Waals surface area contributed by atoms with Crippen molar-refractivity contribution in [2.75, 3.05) is 5.43 Å². The maximum atomic E-state index is 13.5. The molecule has 1 heterocycles. The Morgan fingerprint density at radius 3 is 2.58 bits per heavy atom. The predicted molar refractivity (Wildman–Crippen MR) is 74.4 cm³/mol. The summed E-state index contributed by atoms with van der Waals surface area (Å²) in [5, 5.41) is 4.21. The van der Waals surface area contributed by atoms with Crippen LogP contribution in [0.5, 0.6) is 0 Å². The molecule has 19 heavy (non-hydrogen) atoms. The van der Waals surface area contributed by atoms with Crippen LogP contribution in [-0.4, -0.2) is 16.2 Å². The number of hydrogen-bond donors (Lipinski definition) is 1. The van der Waals surface area contributed by atoms with Gasteiger partial charge in [-0.05, 0) is 24.6 Å². The van der Waals surface area contributed by atoms with E-state index in [0.717, 1.165) is 5.56 Å². The van der Waals surface area contributed by atoms with Gasteiger partial charge in [-0.25, -0.2) is 14.4 Å². The molecule has 0 bridgehead atoms. The SMILES string of the molecule is Cc1ccc(NN=Cc2c(Cl)ncnc2Cl)c(F)c1. The van der Waals surface area contributed by atoms with Crippen LogP contribution in [0, 0.1) is 12.7 Å². The van der Waals surface area contributed by atoms with Crippen LogP contribution in [0.2, 0.25) is 10.3 Å². The summed E-state index contributed by atoms with van der Waals surface area (Å²) in [7, 11) is 0.